The number of aromatic nitrogens is 2. The van der Waals surface area contributed by atoms with Crippen molar-refractivity contribution in [3.8, 4) is 11.1 Å². The molecule has 0 aliphatic rings. The van der Waals surface area contributed by atoms with E-state index in [1.165, 1.54) is 0 Å². The molecule has 3 heteroatoms. The zero-order valence-corrected chi connectivity index (χ0v) is 9.71. The van der Waals surface area contributed by atoms with Crippen molar-refractivity contribution in [1.82, 2.24) is 10.2 Å². The van der Waals surface area contributed by atoms with Gasteiger partial charge in [-0.25, -0.2) is 4.39 Å². The van der Waals surface area contributed by atoms with Crippen LogP contribution in [0.4, 0.5) is 4.39 Å². The number of hydrogen-bond donors (Lipinski definition) is 1. The van der Waals surface area contributed by atoms with Crippen LogP contribution >= 0.6 is 0 Å². The van der Waals surface area contributed by atoms with Gasteiger partial charge in [0.15, 0.2) is 0 Å². The van der Waals surface area contributed by atoms with Gasteiger partial charge in [-0.15, -0.1) is 0 Å². The summed E-state index contributed by atoms with van der Waals surface area (Å²) in [5, 5.41) is 6.50. The molecule has 1 aromatic heterocycles. The summed E-state index contributed by atoms with van der Waals surface area (Å²) in [7, 11) is 0. The van der Waals surface area contributed by atoms with Gasteiger partial charge in [0.1, 0.15) is 5.82 Å². The summed E-state index contributed by atoms with van der Waals surface area (Å²) >= 11 is 0. The average molecular weight is 218 g/mol. The van der Waals surface area contributed by atoms with E-state index in [2.05, 4.69) is 31.0 Å². The van der Waals surface area contributed by atoms with Crippen LogP contribution < -0.4 is 0 Å². The van der Waals surface area contributed by atoms with Crippen LogP contribution in [-0.4, -0.2) is 10.2 Å². The zero-order valence-electron chi connectivity index (χ0n) is 9.71. The number of aromatic amines is 1. The molecule has 0 atom stereocenters. The minimum atomic E-state index is -0.200. The van der Waals surface area contributed by atoms with Crippen molar-refractivity contribution in [3.63, 3.8) is 0 Å². The lowest BCUT2D eigenvalue weighted by molar-refractivity contribution is 0.573. The number of hydrogen-bond acceptors (Lipinski definition) is 1. The number of rotatable bonds is 1. The summed E-state index contributed by atoms with van der Waals surface area (Å²) in [6, 6.07) is 5.37. The van der Waals surface area contributed by atoms with Crippen molar-refractivity contribution < 1.29 is 4.39 Å². The zero-order chi connectivity index (χ0) is 11.8. The predicted molar refractivity (Wildman–Crippen MR) is 62.7 cm³/mol. The number of H-pyrrole nitrogens is 1. The van der Waals surface area contributed by atoms with Crippen molar-refractivity contribution in [2.45, 2.75) is 26.2 Å². The fraction of sp³-hybridized carbons (Fsp3) is 0.308. The number of benzene rings is 1. The second-order valence-corrected chi connectivity index (χ2v) is 4.93. The molecular weight excluding hydrogens is 203 g/mol. The molecule has 0 spiro atoms. The Morgan fingerprint density at radius 2 is 2.00 bits per heavy atom. The van der Waals surface area contributed by atoms with Crippen molar-refractivity contribution in [2.75, 3.05) is 0 Å². The molecule has 0 radical (unpaired) electrons. The maximum Gasteiger partial charge on any atom is 0.131 e. The smallest absolute Gasteiger partial charge is 0.131 e. The third-order valence-corrected chi connectivity index (χ3v) is 2.64. The number of halogens is 1. The van der Waals surface area contributed by atoms with Gasteiger partial charge in [-0.1, -0.05) is 32.9 Å². The van der Waals surface area contributed by atoms with E-state index < -0.39 is 0 Å². The van der Waals surface area contributed by atoms with Gasteiger partial charge in [-0.05, 0) is 17.0 Å². The molecule has 0 saturated heterocycles. The highest BCUT2D eigenvalue weighted by atomic mass is 19.1. The molecule has 0 aliphatic carbocycles. The topological polar surface area (TPSA) is 28.7 Å². The molecule has 0 amide bonds. The minimum absolute atomic E-state index is 0.0320. The quantitative estimate of drug-likeness (QED) is 0.779. The van der Waals surface area contributed by atoms with Crippen LogP contribution in [0.3, 0.4) is 0 Å². The lowest BCUT2D eigenvalue weighted by Gasteiger charge is -2.19. The van der Waals surface area contributed by atoms with E-state index in [1.807, 2.05) is 6.07 Å². The predicted octanol–water partition coefficient (Wildman–Crippen LogP) is 3.51. The monoisotopic (exact) mass is 218 g/mol. The second kappa shape index (κ2) is 3.74. The Kier molecular flexibility index (Phi) is 2.54. The van der Waals surface area contributed by atoms with Gasteiger partial charge in [-0.2, -0.15) is 5.10 Å². The highest BCUT2D eigenvalue weighted by molar-refractivity contribution is 5.62. The van der Waals surface area contributed by atoms with Gasteiger partial charge in [0, 0.05) is 17.3 Å². The molecule has 2 rings (SSSR count). The second-order valence-electron chi connectivity index (χ2n) is 4.93. The van der Waals surface area contributed by atoms with Crippen LogP contribution in [0.2, 0.25) is 0 Å². The highest BCUT2D eigenvalue weighted by Crippen LogP contribution is 2.28. The van der Waals surface area contributed by atoms with E-state index in [4.69, 9.17) is 0 Å². The van der Waals surface area contributed by atoms with Crippen molar-refractivity contribution in [3.05, 3.63) is 42.0 Å². The van der Waals surface area contributed by atoms with Crippen LogP contribution in [0.25, 0.3) is 11.1 Å². The Balaban J connectivity index is 2.46. The Morgan fingerprint density at radius 3 is 2.50 bits per heavy atom. The molecule has 0 unspecified atom stereocenters. The molecule has 1 aromatic carbocycles. The third-order valence-electron chi connectivity index (χ3n) is 2.64. The van der Waals surface area contributed by atoms with Crippen LogP contribution in [0.15, 0.2) is 30.6 Å². The van der Waals surface area contributed by atoms with Gasteiger partial charge in [0.05, 0.1) is 6.20 Å². The van der Waals surface area contributed by atoms with E-state index in [1.54, 1.807) is 24.5 Å². The molecule has 0 fully saturated rings. The molecule has 16 heavy (non-hydrogen) atoms. The Morgan fingerprint density at radius 1 is 1.25 bits per heavy atom. The minimum Gasteiger partial charge on any atom is -0.285 e. The fourth-order valence-corrected chi connectivity index (χ4v) is 1.61. The summed E-state index contributed by atoms with van der Waals surface area (Å²) < 4.78 is 13.9. The van der Waals surface area contributed by atoms with Gasteiger partial charge >= 0.3 is 0 Å². The van der Waals surface area contributed by atoms with Crippen molar-refractivity contribution >= 4 is 0 Å². The Labute approximate surface area is 94.5 Å². The first kappa shape index (κ1) is 10.9. The van der Waals surface area contributed by atoms with Gasteiger partial charge < -0.3 is 0 Å². The first-order chi connectivity index (χ1) is 7.48. The van der Waals surface area contributed by atoms with Gasteiger partial charge in [0.25, 0.3) is 0 Å². The molecule has 1 N–H and O–H groups in total. The molecule has 0 saturated carbocycles. The van der Waals surface area contributed by atoms with E-state index in [9.17, 15) is 4.39 Å². The molecule has 0 bridgehead atoms. The first-order valence-electron chi connectivity index (χ1n) is 5.27. The fourth-order valence-electron chi connectivity index (χ4n) is 1.61. The molecule has 1 heterocycles. The average Bonchev–Trinajstić information content (AvgIpc) is 2.69. The van der Waals surface area contributed by atoms with Crippen LogP contribution in [0, 0.1) is 5.82 Å². The van der Waals surface area contributed by atoms with Crippen LogP contribution in [0.1, 0.15) is 26.3 Å². The summed E-state index contributed by atoms with van der Waals surface area (Å²) in [6.45, 7) is 6.21. The Bertz CT molecular complexity index is 481. The lowest BCUT2D eigenvalue weighted by Crippen LogP contribution is -2.11. The molecule has 2 nitrogen and oxygen atoms in total. The Hall–Kier alpha value is -1.64. The van der Waals surface area contributed by atoms with Crippen molar-refractivity contribution in [1.29, 1.82) is 0 Å². The van der Waals surface area contributed by atoms with Crippen LogP contribution in [-0.2, 0) is 5.41 Å². The number of nitrogens with zero attached hydrogens (tertiary/aromatic N) is 1. The van der Waals surface area contributed by atoms with E-state index in [0.717, 1.165) is 11.1 Å². The van der Waals surface area contributed by atoms with Gasteiger partial charge in [-0.3, -0.25) is 5.10 Å². The van der Waals surface area contributed by atoms with E-state index in [-0.39, 0.29) is 11.2 Å². The molecule has 0 aliphatic heterocycles. The van der Waals surface area contributed by atoms with Crippen molar-refractivity contribution in [2.24, 2.45) is 0 Å². The summed E-state index contributed by atoms with van der Waals surface area (Å²) in [5.41, 5.74) is 2.33. The van der Waals surface area contributed by atoms with Gasteiger partial charge in [0.2, 0.25) is 0 Å². The maximum absolute atomic E-state index is 13.9. The summed E-state index contributed by atoms with van der Waals surface area (Å²) in [6.07, 6.45) is 3.31. The van der Waals surface area contributed by atoms with E-state index in [0.29, 0.717) is 5.56 Å². The highest BCUT2D eigenvalue weighted by Gasteiger charge is 2.16. The normalized spacial score (nSPS) is 11.8. The lowest BCUT2D eigenvalue weighted by atomic mass is 9.86. The number of nitrogens with one attached hydrogen (secondary N) is 1. The summed E-state index contributed by atoms with van der Waals surface area (Å²) in [4.78, 5) is 0. The summed E-state index contributed by atoms with van der Waals surface area (Å²) in [5.74, 6) is -0.200. The van der Waals surface area contributed by atoms with E-state index >= 15 is 0 Å². The SMILES string of the molecule is CC(C)(C)c1ccc(-c2cn[nH]c2)c(F)c1. The molecule has 84 valence electrons. The standard InChI is InChI=1S/C13H15FN2/c1-13(2,3)10-4-5-11(12(14)6-10)9-7-15-16-8-9/h4-8H,1-3H3,(H,15,16). The van der Waals surface area contributed by atoms with Crippen LogP contribution in [0.5, 0.6) is 0 Å². The largest absolute Gasteiger partial charge is 0.285 e. The molecular formula is C13H15FN2. The third kappa shape index (κ3) is 1.98. The maximum atomic E-state index is 13.9. The molecule has 2 aromatic rings. The first-order valence-corrected chi connectivity index (χ1v) is 5.27.